The highest BCUT2D eigenvalue weighted by molar-refractivity contribution is 6.06. The Morgan fingerprint density at radius 1 is 0.362 bits per heavy atom. The molecule has 4 heteroatoms. The highest BCUT2D eigenvalue weighted by atomic mass is 15.2. The average molecular weight is 1040 g/mol. The Labute approximate surface area is 474 Å². The monoisotopic (exact) mass is 1040 g/mol. The van der Waals surface area contributed by atoms with E-state index in [1.165, 1.54) is 112 Å². The Balaban J connectivity index is 0.869. The zero-order valence-electron chi connectivity index (χ0n) is 47.7. The van der Waals surface area contributed by atoms with Gasteiger partial charge in [0.05, 0.1) is 22.2 Å². The normalized spacial score (nSPS) is 20.8. The molecule has 9 aromatic rings. The molecule has 2 unspecified atom stereocenters. The van der Waals surface area contributed by atoms with E-state index >= 15 is 0 Å². The molecular weight excluding hydrogens is 969 g/mol. The molecule has 0 spiro atoms. The van der Waals surface area contributed by atoms with Crippen molar-refractivity contribution in [2.75, 3.05) is 38.0 Å². The zero-order valence-corrected chi connectivity index (χ0v) is 47.7. The lowest BCUT2D eigenvalue weighted by atomic mass is 9.68. The van der Waals surface area contributed by atoms with Crippen LogP contribution < -0.4 is 9.80 Å². The number of anilines is 2. The van der Waals surface area contributed by atoms with Gasteiger partial charge in [0, 0.05) is 82.5 Å². The molecule has 0 amide bonds. The standard InChI is InChI=1S/C76H72N4/c1-73(2)63-47-45-57-29-15-17-31-59(57)71(63)79(7)67(73)37-23-39-69-75(49-53-25-11-9-12-26-53,61-33-19-21-35-65(61)77(69)5)51-55-41-43-56(44-42-55)52-76(50-54-27-13-10-14-28-54)62-34-20-22-36-66(62)78(6)70(76)40-24-38-68-74(3,4)64-48-46-58-30-16-18-32-60(58)72(64)80(68)8/h9-48H,49-52H2,1-8H3/q+2. The molecule has 4 aliphatic rings. The van der Waals surface area contributed by atoms with Crippen molar-refractivity contribution < 1.29 is 9.15 Å². The number of rotatable bonds is 12. The fourth-order valence-electron chi connectivity index (χ4n) is 15.0. The minimum atomic E-state index is -0.336. The van der Waals surface area contributed by atoms with Crippen molar-refractivity contribution in [1.29, 1.82) is 0 Å². The first-order valence-electron chi connectivity index (χ1n) is 28.7. The van der Waals surface area contributed by atoms with Gasteiger partial charge in [-0.25, -0.2) is 0 Å². The van der Waals surface area contributed by atoms with Crippen LogP contribution in [0, 0.1) is 0 Å². The Kier molecular flexibility index (Phi) is 12.5. The summed E-state index contributed by atoms with van der Waals surface area (Å²) in [5, 5.41) is 5.15. The summed E-state index contributed by atoms with van der Waals surface area (Å²) in [6.45, 7) is 9.48. The molecule has 0 saturated carbocycles. The molecule has 0 fully saturated rings. The van der Waals surface area contributed by atoms with Gasteiger partial charge in [0.15, 0.2) is 11.4 Å². The average Bonchev–Trinajstić information content (AvgIpc) is 4.07. The van der Waals surface area contributed by atoms with Crippen LogP contribution in [0.4, 0.5) is 22.7 Å². The molecule has 0 aromatic heterocycles. The molecular formula is C76H72N4+2. The van der Waals surface area contributed by atoms with Gasteiger partial charge in [-0.15, -0.1) is 0 Å². The third kappa shape index (κ3) is 8.17. The third-order valence-electron chi connectivity index (χ3n) is 18.8. The summed E-state index contributed by atoms with van der Waals surface area (Å²) in [6, 6.07) is 77.1. The van der Waals surface area contributed by atoms with E-state index in [1.807, 2.05) is 0 Å². The van der Waals surface area contributed by atoms with Crippen molar-refractivity contribution in [1.82, 2.24) is 0 Å². The molecule has 80 heavy (non-hydrogen) atoms. The number of hydrogen-bond donors (Lipinski definition) is 0. The first-order chi connectivity index (χ1) is 38.8. The number of fused-ring (bicyclic) bond motifs is 8. The van der Waals surface area contributed by atoms with Crippen LogP contribution in [0.15, 0.2) is 254 Å². The first kappa shape index (κ1) is 50.9. The maximum Gasteiger partial charge on any atom is 0.209 e. The van der Waals surface area contributed by atoms with E-state index in [-0.39, 0.29) is 21.7 Å². The van der Waals surface area contributed by atoms with Crippen LogP contribution in [0.1, 0.15) is 72.2 Å². The van der Waals surface area contributed by atoms with Crippen LogP contribution in [-0.4, -0.2) is 48.8 Å². The topological polar surface area (TPSA) is 12.5 Å². The summed E-state index contributed by atoms with van der Waals surface area (Å²) in [7, 11) is 9.02. The molecule has 13 rings (SSSR count). The van der Waals surface area contributed by atoms with Crippen LogP contribution in [0.25, 0.3) is 21.5 Å². The Morgan fingerprint density at radius 3 is 1.10 bits per heavy atom. The Bertz CT molecular complexity index is 3840. The molecule has 0 saturated heterocycles. The zero-order chi connectivity index (χ0) is 55.0. The second kappa shape index (κ2) is 19.6. The van der Waals surface area contributed by atoms with Gasteiger partial charge in [-0.2, -0.15) is 9.15 Å². The lowest BCUT2D eigenvalue weighted by Gasteiger charge is -2.30. The second-order valence-electron chi connectivity index (χ2n) is 24.1. The van der Waals surface area contributed by atoms with Crippen molar-refractivity contribution in [3.05, 3.63) is 299 Å². The van der Waals surface area contributed by atoms with Gasteiger partial charge in [-0.1, -0.05) is 234 Å². The summed E-state index contributed by atoms with van der Waals surface area (Å²) in [5.41, 5.74) is 20.2. The Hall–Kier alpha value is -8.60. The number of para-hydroxylation sites is 2. The van der Waals surface area contributed by atoms with Crippen molar-refractivity contribution in [2.45, 2.75) is 75.0 Å². The predicted molar refractivity (Wildman–Crippen MR) is 337 cm³/mol. The molecule has 0 bridgehead atoms. The molecule has 394 valence electrons. The number of benzene rings is 9. The van der Waals surface area contributed by atoms with E-state index in [0.29, 0.717) is 0 Å². The van der Waals surface area contributed by atoms with Gasteiger partial charge in [0.25, 0.3) is 0 Å². The second-order valence-corrected chi connectivity index (χ2v) is 24.1. The molecule has 0 aliphatic carbocycles. The maximum atomic E-state index is 2.46. The van der Waals surface area contributed by atoms with E-state index in [9.17, 15) is 0 Å². The molecule has 4 aliphatic heterocycles. The largest absolute Gasteiger partial charge is 0.347 e. The van der Waals surface area contributed by atoms with Crippen LogP contribution in [-0.2, 0) is 47.3 Å². The highest BCUT2D eigenvalue weighted by Gasteiger charge is 2.52. The predicted octanol–water partition coefficient (Wildman–Crippen LogP) is 16.6. The summed E-state index contributed by atoms with van der Waals surface area (Å²) in [5.74, 6) is 0. The minimum Gasteiger partial charge on any atom is -0.347 e. The maximum absolute atomic E-state index is 2.46. The fourth-order valence-corrected chi connectivity index (χ4v) is 15.0. The SMILES string of the molecule is CN1/C(=C/C=C/C2=[N+](C)c3ccccc3C2(Cc2ccccc2)Cc2ccc(CC3(Cc4ccccc4)C(/C=C/C=C4/N(C)c5c(ccc6ccccc56)C4(C)C)=[N+](C)c4ccccc43)cc2)C(C)(C)c2ccc3ccccc3c21. The quantitative estimate of drug-likeness (QED) is 0.113. The lowest BCUT2D eigenvalue weighted by molar-refractivity contribution is -0.401. The van der Waals surface area contributed by atoms with Gasteiger partial charge in [0.1, 0.15) is 14.1 Å². The summed E-state index contributed by atoms with van der Waals surface area (Å²) in [4.78, 5) is 4.85. The van der Waals surface area contributed by atoms with Gasteiger partial charge in [-0.05, 0) is 82.0 Å². The molecule has 0 radical (unpaired) electrons. The molecule has 0 N–H and O–H groups in total. The first-order valence-corrected chi connectivity index (χ1v) is 28.7. The summed E-state index contributed by atoms with van der Waals surface area (Å²) < 4.78 is 4.92. The van der Waals surface area contributed by atoms with Gasteiger partial charge < -0.3 is 9.80 Å². The summed E-state index contributed by atoms with van der Waals surface area (Å²) in [6.07, 6.45) is 17.7. The number of hydrogen-bond acceptors (Lipinski definition) is 2. The number of nitrogens with zero attached hydrogens (tertiary/aromatic N) is 4. The van der Waals surface area contributed by atoms with Crippen LogP contribution in [0.5, 0.6) is 0 Å². The Morgan fingerprint density at radius 2 is 0.700 bits per heavy atom. The lowest BCUT2D eigenvalue weighted by Crippen LogP contribution is -2.39. The van der Waals surface area contributed by atoms with E-state index in [2.05, 4.69) is 318 Å². The molecule has 4 nitrogen and oxygen atoms in total. The van der Waals surface area contributed by atoms with Gasteiger partial charge in [-0.3, -0.25) is 0 Å². The van der Waals surface area contributed by atoms with Crippen molar-refractivity contribution in [3.8, 4) is 0 Å². The van der Waals surface area contributed by atoms with Crippen molar-refractivity contribution >= 4 is 55.7 Å². The smallest absolute Gasteiger partial charge is 0.209 e. The third-order valence-corrected chi connectivity index (χ3v) is 18.8. The van der Waals surface area contributed by atoms with Gasteiger partial charge >= 0.3 is 0 Å². The molecule has 9 aromatic carbocycles. The number of allylic oxidation sites excluding steroid dienone is 8. The van der Waals surface area contributed by atoms with Crippen LogP contribution in [0.2, 0.25) is 0 Å². The molecule has 2 atom stereocenters. The van der Waals surface area contributed by atoms with Gasteiger partial charge in [0.2, 0.25) is 11.4 Å². The minimum absolute atomic E-state index is 0.161. The van der Waals surface area contributed by atoms with Crippen LogP contribution >= 0.6 is 0 Å². The summed E-state index contributed by atoms with van der Waals surface area (Å²) >= 11 is 0. The van der Waals surface area contributed by atoms with Crippen LogP contribution in [0.3, 0.4) is 0 Å². The molecule has 4 heterocycles. The van der Waals surface area contributed by atoms with Crippen molar-refractivity contribution in [2.24, 2.45) is 0 Å². The van der Waals surface area contributed by atoms with E-state index < -0.39 is 0 Å². The van der Waals surface area contributed by atoms with E-state index in [0.717, 1.165) is 25.7 Å². The highest BCUT2D eigenvalue weighted by Crippen LogP contribution is 2.52. The fraction of sp³-hybridized carbons (Fsp3) is 0.211. The van der Waals surface area contributed by atoms with E-state index in [1.54, 1.807) is 0 Å². The van der Waals surface area contributed by atoms with E-state index in [4.69, 9.17) is 0 Å². The van der Waals surface area contributed by atoms with Crippen molar-refractivity contribution in [3.63, 3.8) is 0 Å². The number of likely N-dealkylation sites (N-methyl/N-ethyl adjacent to an activating group) is 2.